The first-order chi connectivity index (χ1) is 11.2. The van der Waals surface area contributed by atoms with Gasteiger partial charge in [0.05, 0.1) is 0 Å². The number of carbonyl (C=O) groups is 1. The number of hydrogen-bond acceptors (Lipinski definition) is 3. The van der Waals surface area contributed by atoms with E-state index in [9.17, 15) is 4.79 Å². The van der Waals surface area contributed by atoms with Gasteiger partial charge in [0.2, 0.25) is 0 Å². The van der Waals surface area contributed by atoms with E-state index in [-0.39, 0.29) is 6.03 Å². The number of benzene rings is 2. The number of hydrogen-bond donors (Lipinski definition) is 3. The number of alkyl halides is 1. The Labute approximate surface area is 146 Å². The van der Waals surface area contributed by atoms with Gasteiger partial charge in [-0.15, -0.1) is 11.6 Å². The second-order valence-corrected chi connectivity index (χ2v) is 6.22. The second kappa shape index (κ2) is 9.33. The summed E-state index contributed by atoms with van der Waals surface area (Å²) in [5, 5.41) is 5.54. The van der Waals surface area contributed by atoms with Crippen molar-refractivity contribution >= 4 is 41.0 Å². The summed E-state index contributed by atoms with van der Waals surface area (Å²) < 4.78 is 3.33. The van der Waals surface area contributed by atoms with Crippen LogP contribution in [0.3, 0.4) is 0 Å². The lowest BCUT2D eigenvalue weighted by Gasteiger charge is -2.10. The van der Waals surface area contributed by atoms with E-state index in [4.69, 9.17) is 11.6 Å². The molecule has 0 atom stereocenters. The van der Waals surface area contributed by atoms with Crippen molar-refractivity contribution in [3.63, 3.8) is 0 Å². The van der Waals surface area contributed by atoms with E-state index in [0.29, 0.717) is 12.4 Å². The predicted molar refractivity (Wildman–Crippen MR) is 99.5 cm³/mol. The summed E-state index contributed by atoms with van der Waals surface area (Å²) in [5.74, 6) is 0.542. The number of rotatable bonds is 7. The molecule has 2 aromatic carbocycles. The molecular weight excluding hydrogens is 330 g/mol. The number of anilines is 2. The molecule has 4 nitrogen and oxygen atoms in total. The Balaban J connectivity index is 1.82. The Hall–Kier alpha value is -1.85. The van der Waals surface area contributed by atoms with Crippen LogP contribution in [0.15, 0.2) is 53.4 Å². The maximum atomic E-state index is 11.6. The molecule has 0 aliphatic heterocycles. The van der Waals surface area contributed by atoms with Crippen molar-refractivity contribution in [2.45, 2.75) is 18.2 Å². The molecule has 122 valence electrons. The molecule has 6 heteroatoms. The van der Waals surface area contributed by atoms with Gasteiger partial charge in [0, 0.05) is 28.7 Å². The van der Waals surface area contributed by atoms with Crippen molar-refractivity contribution in [2.24, 2.45) is 0 Å². The normalized spacial score (nSPS) is 10.2. The first-order valence-electron chi connectivity index (χ1n) is 7.38. The molecule has 3 N–H and O–H groups in total. The molecule has 0 saturated heterocycles. The van der Waals surface area contributed by atoms with E-state index < -0.39 is 0 Å². The Morgan fingerprint density at radius 2 is 1.87 bits per heavy atom. The molecule has 23 heavy (non-hydrogen) atoms. The van der Waals surface area contributed by atoms with Gasteiger partial charge in [-0.25, -0.2) is 4.79 Å². The zero-order chi connectivity index (χ0) is 16.5. The van der Waals surface area contributed by atoms with Crippen LogP contribution >= 0.6 is 23.5 Å². The van der Waals surface area contributed by atoms with Crippen LogP contribution in [0.5, 0.6) is 0 Å². The summed E-state index contributed by atoms with van der Waals surface area (Å²) in [7, 11) is 0. The lowest BCUT2D eigenvalue weighted by molar-refractivity contribution is 0.252. The van der Waals surface area contributed by atoms with Gasteiger partial charge in [-0.2, -0.15) is 0 Å². The number of urea groups is 1. The van der Waals surface area contributed by atoms with Gasteiger partial charge in [0.1, 0.15) is 0 Å². The summed E-state index contributed by atoms with van der Waals surface area (Å²) in [6, 6.07) is 15.6. The lowest BCUT2D eigenvalue weighted by Crippen LogP contribution is -2.29. The van der Waals surface area contributed by atoms with Crippen LogP contribution in [-0.4, -0.2) is 18.5 Å². The maximum absolute atomic E-state index is 11.6. The number of amides is 2. The minimum absolute atomic E-state index is 0.214. The van der Waals surface area contributed by atoms with Crippen molar-refractivity contribution < 1.29 is 4.79 Å². The highest BCUT2D eigenvalue weighted by Crippen LogP contribution is 2.24. The van der Waals surface area contributed by atoms with Crippen molar-refractivity contribution in [1.82, 2.24) is 5.32 Å². The summed E-state index contributed by atoms with van der Waals surface area (Å²) in [5.41, 5.74) is 3.05. The average molecular weight is 350 g/mol. The first kappa shape index (κ1) is 17.5. The standard InChI is InChI=1S/C17H20ClN3OS/c1-13-5-2-3-6-16(13)21-23-15-9-7-14(8-10-15)20-17(22)19-12-4-11-18/h2-3,5-10,21H,4,11-12H2,1H3,(H2,19,20,22). The Morgan fingerprint density at radius 3 is 2.57 bits per heavy atom. The molecule has 0 saturated carbocycles. The van der Waals surface area contributed by atoms with Crippen molar-refractivity contribution in [2.75, 3.05) is 22.5 Å². The van der Waals surface area contributed by atoms with Gasteiger partial charge in [-0.05, 0) is 61.2 Å². The monoisotopic (exact) mass is 349 g/mol. The maximum Gasteiger partial charge on any atom is 0.319 e. The SMILES string of the molecule is Cc1ccccc1NSc1ccc(NC(=O)NCCCCl)cc1. The number of para-hydroxylation sites is 1. The van der Waals surface area contributed by atoms with Gasteiger partial charge in [0.15, 0.2) is 0 Å². The predicted octanol–water partition coefficient (Wildman–Crippen LogP) is 4.86. The number of aryl methyl sites for hydroxylation is 1. The highest BCUT2D eigenvalue weighted by molar-refractivity contribution is 8.00. The molecule has 2 amide bonds. The Bertz CT molecular complexity index is 634. The van der Waals surface area contributed by atoms with Gasteiger partial charge in [-0.1, -0.05) is 18.2 Å². The quantitative estimate of drug-likeness (QED) is 0.380. The molecular formula is C17H20ClN3OS. The minimum Gasteiger partial charge on any atom is -0.338 e. The fourth-order valence-corrected chi connectivity index (χ4v) is 2.71. The molecule has 0 aliphatic rings. The number of carbonyl (C=O) groups excluding carboxylic acids is 1. The van der Waals surface area contributed by atoms with E-state index in [0.717, 1.165) is 22.7 Å². The molecule has 2 aromatic rings. The third-order valence-corrected chi connectivity index (χ3v) is 4.23. The first-order valence-corrected chi connectivity index (χ1v) is 8.73. The van der Waals surface area contributed by atoms with Crippen LogP contribution in [0, 0.1) is 6.92 Å². The molecule has 0 spiro atoms. The van der Waals surface area contributed by atoms with E-state index in [1.807, 2.05) is 42.5 Å². The largest absolute Gasteiger partial charge is 0.338 e. The van der Waals surface area contributed by atoms with Crippen LogP contribution in [-0.2, 0) is 0 Å². The van der Waals surface area contributed by atoms with E-state index in [1.165, 1.54) is 17.5 Å². The fourth-order valence-electron chi connectivity index (χ4n) is 1.85. The number of nitrogens with one attached hydrogen (secondary N) is 3. The summed E-state index contributed by atoms with van der Waals surface area (Å²) in [4.78, 5) is 12.7. The number of halogens is 1. The van der Waals surface area contributed by atoms with Crippen LogP contribution in [0.4, 0.5) is 16.2 Å². The third kappa shape index (κ3) is 6.04. The molecule has 2 rings (SSSR count). The van der Waals surface area contributed by atoms with E-state index in [2.05, 4.69) is 28.3 Å². The molecule has 0 fully saturated rings. The third-order valence-electron chi connectivity index (χ3n) is 3.13. The van der Waals surface area contributed by atoms with Crippen LogP contribution < -0.4 is 15.4 Å². The summed E-state index contributed by atoms with van der Waals surface area (Å²) in [6.45, 7) is 2.64. The van der Waals surface area contributed by atoms with Gasteiger partial charge >= 0.3 is 6.03 Å². The molecule has 0 unspecified atom stereocenters. The zero-order valence-electron chi connectivity index (χ0n) is 12.9. The smallest absolute Gasteiger partial charge is 0.319 e. The van der Waals surface area contributed by atoms with Gasteiger partial charge in [0.25, 0.3) is 0 Å². The molecule has 0 bridgehead atoms. The van der Waals surface area contributed by atoms with Gasteiger partial charge in [-0.3, -0.25) is 0 Å². The highest BCUT2D eigenvalue weighted by Gasteiger charge is 2.02. The van der Waals surface area contributed by atoms with Gasteiger partial charge < -0.3 is 15.4 Å². The topological polar surface area (TPSA) is 53.2 Å². The second-order valence-electron chi connectivity index (χ2n) is 4.97. The molecule has 0 heterocycles. The zero-order valence-corrected chi connectivity index (χ0v) is 14.5. The van der Waals surface area contributed by atoms with Crippen LogP contribution in [0.1, 0.15) is 12.0 Å². The average Bonchev–Trinajstić information content (AvgIpc) is 2.56. The summed E-state index contributed by atoms with van der Waals surface area (Å²) in [6.07, 6.45) is 0.759. The Kier molecular flexibility index (Phi) is 7.10. The van der Waals surface area contributed by atoms with E-state index in [1.54, 1.807) is 0 Å². The Morgan fingerprint density at radius 1 is 1.13 bits per heavy atom. The lowest BCUT2D eigenvalue weighted by atomic mass is 10.2. The van der Waals surface area contributed by atoms with Crippen LogP contribution in [0.25, 0.3) is 0 Å². The summed E-state index contributed by atoms with van der Waals surface area (Å²) >= 11 is 7.11. The molecule has 0 aliphatic carbocycles. The molecule has 0 aromatic heterocycles. The van der Waals surface area contributed by atoms with Crippen molar-refractivity contribution in [1.29, 1.82) is 0 Å². The fraction of sp³-hybridized carbons (Fsp3) is 0.235. The molecule has 0 radical (unpaired) electrons. The van der Waals surface area contributed by atoms with E-state index >= 15 is 0 Å². The minimum atomic E-state index is -0.214. The highest BCUT2D eigenvalue weighted by atomic mass is 35.5. The van der Waals surface area contributed by atoms with Crippen LogP contribution in [0.2, 0.25) is 0 Å². The van der Waals surface area contributed by atoms with Crippen molar-refractivity contribution in [3.05, 3.63) is 54.1 Å². The van der Waals surface area contributed by atoms with Crippen molar-refractivity contribution in [3.8, 4) is 0 Å².